The van der Waals surface area contributed by atoms with E-state index in [2.05, 4.69) is 33.0 Å². The molecule has 7 heteroatoms. The van der Waals surface area contributed by atoms with Crippen LogP contribution in [0, 0.1) is 11.3 Å². The summed E-state index contributed by atoms with van der Waals surface area (Å²) < 4.78 is 1.63. The largest absolute Gasteiger partial charge is 0.331 e. The molecule has 0 aliphatic heterocycles. The van der Waals surface area contributed by atoms with Crippen LogP contribution in [0.15, 0.2) is 60.7 Å². The maximum absolute atomic E-state index is 13.2. The number of nitrogens with one attached hydrogen (secondary N) is 1. The van der Waals surface area contributed by atoms with Crippen LogP contribution in [-0.4, -0.2) is 39.1 Å². The normalized spacial score (nSPS) is 12.4. The molecule has 2 aromatic carbocycles. The number of amides is 2. The van der Waals surface area contributed by atoms with E-state index in [1.807, 2.05) is 68.4 Å². The Balaban J connectivity index is 1.82. The van der Waals surface area contributed by atoms with Gasteiger partial charge in [0.15, 0.2) is 0 Å². The minimum atomic E-state index is -0.284. The molecule has 0 radical (unpaired) electrons. The van der Waals surface area contributed by atoms with Crippen molar-refractivity contribution in [2.75, 3.05) is 11.9 Å². The van der Waals surface area contributed by atoms with Gasteiger partial charge in [0.25, 0.3) is 0 Å². The van der Waals surface area contributed by atoms with E-state index in [1.54, 1.807) is 15.6 Å². The maximum atomic E-state index is 13.2. The average molecular weight is 509 g/mol. The molecule has 1 atom stereocenters. The SMILES string of the molecule is CC(CC(=O)N(CC(=O)Nc1cc(-c2ccccc2)nn1-c1ccccc1Cl)C(C)C)CC(C)(C)C. The highest BCUT2D eigenvalue weighted by Gasteiger charge is 2.25. The third kappa shape index (κ3) is 7.44. The third-order valence-corrected chi connectivity index (χ3v) is 6.19. The highest BCUT2D eigenvalue weighted by atomic mass is 35.5. The van der Waals surface area contributed by atoms with Crippen LogP contribution in [0.5, 0.6) is 0 Å². The van der Waals surface area contributed by atoms with E-state index < -0.39 is 0 Å². The van der Waals surface area contributed by atoms with E-state index in [1.165, 1.54) is 0 Å². The van der Waals surface area contributed by atoms with Crippen LogP contribution in [0.3, 0.4) is 0 Å². The molecule has 0 saturated heterocycles. The van der Waals surface area contributed by atoms with Crippen molar-refractivity contribution in [3.05, 3.63) is 65.7 Å². The van der Waals surface area contributed by atoms with Crippen LogP contribution in [-0.2, 0) is 9.59 Å². The molecule has 0 fully saturated rings. The Hall–Kier alpha value is -3.12. The average Bonchev–Trinajstić information content (AvgIpc) is 3.20. The Kier molecular flexibility index (Phi) is 8.96. The molecular formula is C29H37ClN4O2. The summed E-state index contributed by atoms with van der Waals surface area (Å²) in [4.78, 5) is 27.9. The number of benzene rings is 2. The van der Waals surface area contributed by atoms with Crippen LogP contribution in [0.4, 0.5) is 5.82 Å². The van der Waals surface area contributed by atoms with Gasteiger partial charge in [-0.05, 0) is 43.7 Å². The van der Waals surface area contributed by atoms with E-state index in [4.69, 9.17) is 16.7 Å². The topological polar surface area (TPSA) is 67.2 Å². The Morgan fingerprint density at radius 2 is 1.67 bits per heavy atom. The fourth-order valence-corrected chi connectivity index (χ4v) is 4.67. The summed E-state index contributed by atoms with van der Waals surface area (Å²) in [6, 6.07) is 18.8. The molecule has 36 heavy (non-hydrogen) atoms. The van der Waals surface area contributed by atoms with Gasteiger partial charge in [-0.3, -0.25) is 9.59 Å². The molecule has 0 aliphatic rings. The molecule has 1 heterocycles. The standard InChI is InChI=1S/C29H37ClN4O2/c1-20(2)33(28(36)16-21(3)18-29(4,5)6)19-27(35)31-26-17-24(22-12-8-7-9-13-22)32-34(26)25-15-11-10-14-23(25)30/h7-15,17,20-21H,16,18-19H2,1-6H3,(H,31,35). The predicted octanol–water partition coefficient (Wildman–Crippen LogP) is 6.83. The highest BCUT2D eigenvalue weighted by molar-refractivity contribution is 6.32. The first-order valence-electron chi connectivity index (χ1n) is 12.4. The second kappa shape index (κ2) is 11.7. The van der Waals surface area contributed by atoms with Crippen LogP contribution < -0.4 is 5.32 Å². The molecular weight excluding hydrogens is 472 g/mol. The molecule has 2 amide bonds. The van der Waals surface area contributed by atoms with Crippen molar-refractivity contribution in [3.8, 4) is 16.9 Å². The molecule has 3 rings (SSSR count). The Bertz CT molecular complexity index is 1180. The lowest BCUT2D eigenvalue weighted by atomic mass is 9.84. The second-order valence-corrected chi connectivity index (χ2v) is 11.3. The van der Waals surface area contributed by atoms with Crippen molar-refractivity contribution in [1.29, 1.82) is 0 Å². The Morgan fingerprint density at radius 1 is 1.03 bits per heavy atom. The van der Waals surface area contributed by atoms with Gasteiger partial charge in [0, 0.05) is 24.1 Å². The van der Waals surface area contributed by atoms with E-state index in [0.29, 0.717) is 28.6 Å². The molecule has 1 N–H and O–H groups in total. The molecule has 1 unspecified atom stereocenters. The number of hydrogen-bond acceptors (Lipinski definition) is 3. The fraction of sp³-hybridized carbons (Fsp3) is 0.414. The Labute approximate surface area is 219 Å². The number of anilines is 1. The van der Waals surface area contributed by atoms with Gasteiger partial charge in [-0.1, -0.05) is 81.8 Å². The van der Waals surface area contributed by atoms with Crippen molar-refractivity contribution in [1.82, 2.24) is 14.7 Å². The number of nitrogens with zero attached hydrogens (tertiary/aromatic N) is 3. The van der Waals surface area contributed by atoms with Crippen molar-refractivity contribution in [3.63, 3.8) is 0 Å². The molecule has 0 spiro atoms. The number of carbonyl (C=O) groups is 2. The van der Waals surface area contributed by atoms with Crippen molar-refractivity contribution >= 4 is 29.2 Å². The highest BCUT2D eigenvalue weighted by Crippen LogP contribution is 2.29. The van der Waals surface area contributed by atoms with E-state index in [-0.39, 0.29) is 35.7 Å². The third-order valence-electron chi connectivity index (χ3n) is 5.87. The van der Waals surface area contributed by atoms with Crippen LogP contribution >= 0.6 is 11.6 Å². The summed E-state index contributed by atoms with van der Waals surface area (Å²) in [6.07, 6.45) is 1.36. The number of aromatic nitrogens is 2. The van der Waals surface area contributed by atoms with Crippen LogP contribution in [0.2, 0.25) is 5.02 Å². The number of halogens is 1. The van der Waals surface area contributed by atoms with E-state index >= 15 is 0 Å². The van der Waals surface area contributed by atoms with Crippen LogP contribution in [0.25, 0.3) is 16.9 Å². The number of para-hydroxylation sites is 1. The lowest BCUT2D eigenvalue weighted by Gasteiger charge is -2.29. The number of carbonyl (C=O) groups excluding carboxylic acids is 2. The summed E-state index contributed by atoms with van der Waals surface area (Å²) in [6.45, 7) is 12.4. The van der Waals surface area contributed by atoms with Crippen molar-refractivity contribution < 1.29 is 9.59 Å². The quantitative estimate of drug-likeness (QED) is 0.344. The summed E-state index contributed by atoms with van der Waals surface area (Å²) in [5.74, 6) is 0.427. The fourth-order valence-electron chi connectivity index (χ4n) is 4.46. The van der Waals surface area contributed by atoms with Gasteiger partial charge >= 0.3 is 0 Å². The monoisotopic (exact) mass is 508 g/mol. The van der Waals surface area contributed by atoms with Gasteiger partial charge in [0.2, 0.25) is 11.8 Å². The van der Waals surface area contributed by atoms with Crippen molar-refractivity contribution in [2.45, 2.75) is 60.4 Å². The maximum Gasteiger partial charge on any atom is 0.245 e. The molecule has 0 bridgehead atoms. The van der Waals surface area contributed by atoms with Crippen LogP contribution in [0.1, 0.15) is 54.4 Å². The molecule has 192 valence electrons. The number of rotatable bonds is 9. The Morgan fingerprint density at radius 3 is 2.28 bits per heavy atom. The van der Waals surface area contributed by atoms with Gasteiger partial charge in [-0.15, -0.1) is 0 Å². The van der Waals surface area contributed by atoms with Crippen molar-refractivity contribution in [2.24, 2.45) is 11.3 Å². The summed E-state index contributed by atoms with van der Waals surface area (Å²) in [5, 5.41) is 8.21. The lowest BCUT2D eigenvalue weighted by Crippen LogP contribution is -2.43. The van der Waals surface area contributed by atoms with E-state index in [9.17, 15) is 9.59 Å². The summed E-state index contributed by atoms with van der Waals surface area (Å²) in [5.41, 5.74) is 2.43. The molecule has 1 aromatic heterocycles. The zero-order valence-electron chi connectivity index (χ0n) is 22.1. The molecule has 3 aromatic rings. The lowest BCUT2D eigenvalue weighted by molar-refractivity contribution is -0.137. The van der Waals surface area contributed by atoms with Gasteiger partial charge in [0.1, 0.15) is 12.4 Å². The first-order chi connectivity index (χ1) is 16.9. The smallest absolute Gasteiger partial charge is 0.245 e. The van der Waals surface area contributed by atoms with Gasteiger partial charge in [-0.2, -0.15) is 5.10 Å². The second-order valence-electron chi connectivity index (χ2n) is 10.9. The predicted molar refractivity (Wildman–Crippen MR) is 147 cm³/mol. The summed E-state index contributed by atoms with van der Waals surface area (Å²) in [7, 11) is 0. The van der Waals surface area contributed by atoms with Gasteiger partial charge in [0.05, 0.1) is 16.4 Å². The molecule has 6 nitrogen and oxygen atoms in total. The van der Waals surface area contributed by atoms with Gasteiger partial charge < -0.3 is 10.2 Å². The minimum absolute atomic E-state index is 0.0125. The zero-order chi connectivity index (χ0) is 26.5. The first-order valence-corrected chi connectivity index (χ1v) is 12.8. The summed E-state index contributed by atoms with van der Waals surface area (Å²) >= 11 is 6.46. The number of hydrogen-bond donors (Lipinski definition) is 1. The molecule has 0 aliphatic carbocycles. The zero-order valence-corrected chi connectivity index (χ0v) is 22.8. The van der Waals surface area contributed by atoms with E-state index in [0.717, 1.165) is 12.0 Å². The minimum Gasteiger partial charge on any atom is -0.331 e. The first kappa shape index (κ1) is 27.5. The van der Waals surface area contributed by atoms with Gasteiger partial charge in [-0.25, -0.2) is 4.68 Å². The molecule has 0 saturated carbocycles.